The van der Waals surface area contributed by atoms with Crippen LogP contribution < -0.4 is 9.64 Å². The zero-order valence-corrected chi connectivity index (χ0v) is 21.7. The van der Waals surface area contributed by atoms with Gasteiger partial charge in [0.2, 0.25) is 5.78 Å². The van der Waals surface area contributed by atoms with Gasteiger partial charge in [-0.2, -0.15) is 0 Å². The highest BCUT2D eigenvalue weighted by molar-refractivity contribution is 7.22. The quantitative estimate of drug-likeness (QED) is 0.165. The minimum Gasteiger partial charge on any atom is -0.503 e. The van der Waals surface area contributed by atoms with Crippen LogP contribution in [0.2, 0.25) is 0 Å². The molecule has 1 N–H and O–H groups in total. The predicted octanol–water partition coefficient (Wildman–Crippen LogP) is 7.14. The second-order valence-electron chi connectivity index (χ2n) is 9.20. The van der Waals surface area contributed by atoms with Crippen LogP contribution in [0.1, 0.15) is 41.9 Å². The van der Waals surface area contributed by atoms with Gasteiger partial charge in [0.15, 0.2) is 16.7 Å². The first-order valence-corrected chi connectivity index (χ1v) is 13.3. The van der Waals surface area contributed by atoms with Crippen molar-refractivity contribution in [2.45, 2.75) is 25.8 Å². The maximum atomic E-state index is 13.9. The van der Waals surface area contributed by atoms with Crippen LogP contribution in [0.5, 0.6) is 5.75 Å². The van der Waals surface area contributed by atoms with Gasteiger partial charge in [0, 0.05) is 5.39 Å². The second kappa shape index (κ2) is 9.99. The number of amides is 1. The third-order valence-corrected chi connectivity index (χ3v) is 7.63. The number of hydrogen-bond acceptors (Lipinski definition) is 7. The van der Waals surface area contributed by atoms with E-state index in [1.807, 2.05) is 12.1 Å². The number of furan rings is 1. The van der Waals surface area contributed by atoms with Crippen LogP contribution in [0.3, 0.4) is 0 Å². The Balaban J connectivity index is 1.45. The third-order valence-electron chi connectivity index (χ3n) is 6.61. The topological polar surface area (TPSA) is 92.9 Å². The second-order valence-corrected chi connectivity index (χ2v) is 10.2. The molecular formula is C30H23FN2O5S. The lowest BCUT2D eigenvalue weighted by Crippen LogP contribution is -2.30. The highest BCUT2D eigenvalue weighted by Gasteiger charge is 2.46. The van der Waals surface area contributed by atoms with Crippen molar-refractivity contribution in [1.82, 2.24) is 4.98 Å². The number of carbonyl (C=O) groups is 2. The molecule has 0 spiro atoms. The smallest absolute Gasteiger partial charge is 0.296 e. The molecule has 1 amide bonds. The van der Waals surface area contributed by atoms with Gasteiger partial charge in [-0.15, -0.1) is 0 Å². The number of carbonyl (C=O) groups excluding carboxylic acids is 2. The molecule has 0 fully saturated rings. The number of aliphatic hydroxyl groups excluding tert-OH is 1. The summed E-state index contributed by atoms with van der Waals surface area (Å²) >= 11 is 1.10. The Morgan fingerprint density at radius 3 is 2.69 bits per heavy atom. The largest absolute Gasteiger partial charge is 0.503 e. The highest BCUT2D eigenvalue weighted by atomic mass is 32.1. The minimum absolute atomic E-state index is 0.00305. The van der Waals surface area contributed by atoms with Crippen molar-refractivity contribution < 1.29 is 28.2 Å². The lowest BCUT2D eigenvalue weighted by atomic mass is 9.95. The maximum absolute atomic E-state index is 13.9. The van der Waals surface area contributed by atoms with E-state index in [2.05, 4.69) is 11.9 Å². The Morgan fingerprint density at radius 2 is 1.92 bits per heavy atom. The van der Waals surface area contributed by atoms with Crippen molar-refractivity contribution in [3.8, 4) is 5.75 Å². The van der Waals surface area contributed by atoms with Gasteiger partial charge in [0.25, 0.3) is 5.91 Å². The molecule has 7 nitrogen and oxygen atoms in total. The highest BCUT2D eigenvalue weighted by Crippen LogP contribution is 2.44. The van der Waals surface area contributed by atoms with E-state index in [4.69, 9.17) is 9.15 Å². The van der Waals surface area contributed by atoms with Gasteiger partial charge in [0.1, 0.15) is 17.1 Å². The number of benzene rings is 3. The molecule has 9 heteroatoms. The molecule has 2 aromatic heterocycles. The van der Waals surface area contributed by atoms with E-state index in [9.17, 15) is 19.1 Å². The summed E-state index contributed by atoms with van der Waals surface area (Å²) in [6.07, 6.45) is 1.91. The van der Waals surface area contributed by atoms with Gasteiger partial charge in [-0.25, -0.2) is 9.37 Å². The summed E-state index contributed by atoms with van der Waals surface area (Å²) in [7, 11) is 0. The van der Waals surface area contributed by atoms with Gasteiger partial charge in [-0.05, 0) is 54.4 Å². The number of thiazole rings is 1. The van der Waals surface area contributed by atoms with Crippen LogP contribution >= 0.6 is 11.3 Å². The standard InChI is InChI=1S/C30H23FN2O5S/c1-2-3-14-37-20-11-8-17(9-12-20)26-25(27(34)23-15-18-6-4-5-7-22(18)38-23)28(35)29(36)33(26)30-32-21-13-10-19(31)16-24(21)39-30/h4-13,15-16,26,35H,2-3,14H2,1H3. The van der Waals surface area contributed by atoms with Crippen LogP contribution in [0.4, 0.5) is 9.52 Å². The van der Waals surface area contributed by atoms with Crippen LogP contribution in [0.25, 0.3) is 21.2 Å². The number of Topliss-reactive ketones (excluding diaryl/α,β-unsaturated/α-hetero) is 1. The SMILES string of the molecule is CCCCOc1ccc(C2C(C(=O)c3cc4ccccc4o3)=C(O)C(=O)N2c2nc3ccc(F)cc3s2)cc1. The Bertz CT molecular complexity index is 1720. The summed E-state index contributed by atoms with van der Waals surface area (Å²) in [6, 6.07) is 18.9. The van der Waals surface area contributed by atoms with E-state index < -0.39 is 29.3 Å². The fraction of sp³-hybridized carbons (Fsp3) is 0.167. The van der Waals surface area contributed by atoms with Crippen LogP contribution in [0.15, 0.2) is 88.5 Å². The Hall–Kier alpha value is -4.50. The van der Waals surface area contributed by atoms with Gasteiger partial charge in [0.05, 0.1) is 28.4 Å². The molecule has 1 aliphatic heterocycles. The molecule has 1 aliphatic rings. The van der Waals surface area contributed by atoms with E-state index in [0.717, 1.165) is 29.6 Å². The molecule has 0 aliphatic carbocycles. The monoisotopic (exact) mass is 542 g/mol. The lowest BCUT2D eigenvalue weighted by molar-refractivity contribution is -0.117. The number of anilines is 1. The van der Waals surface area contributed by atoms with Crippen molar-refractivity contribution >= 4 is 49.3 Å². The number of rotatable bonds is 8. The average Bonchev–Trinajstić information content (AvgIpc) is 3.63. The number of unbranched alkanes of at least 4 members (excludes halogenated alkanes) is 1. The van der Waals surface area contributed by atoms with Crippen molar-refractivity contribution in [3.05, 3.63) is 101 Å². The number of halogens is 1. The molecule has 39 heavy (non-hydrogen) atoms. The molecule has 1 unspecified atom stereocenters. The zero-order chi connectivity index (χ0) is 27.1. The molecule has 196 valence electrons. The van der Waals surface area contributed by atoms with Gasteiger partial charge in [-0.1, -0.05) is 55.0 Å². The number of hydrogen-bond donors (Lipinski definition) is 1. The van der Waals surface area contributed by atoms with Gasteiger partial charge < -0.3 is 14.3 Å². The van der Waals surface area contributed by atoms with Crippen LogP contribution in [-0.4, -0.2) is 28.4 Å². The van der Waals surface area contributed by atoms with Crippen molar-refractivity contribution in [2.75, 3.05) is 11.5 Å². The number of aromatic nitrogens is 1. The van der Waals surface area contributed by atoms with Crippen LogP contribution in [0, 0.1) is 5.82 Å². The first kappa shape index (κ1) is 24.8. The van der Waals surface area contributed by atoms with E-state index in [0.29, 0.717) is 33.7 Å². The van der Waals surface area contributed by atoms with Crippen molar-refractivity contribution in [1.29, 1.82) is 0 Å². The molecule has 6 rings (SSSR count). The Kier molecular flexibility index (Phi) is 6.36. The number of ketones is 1. The summed E-state index contributed by atoms with van der Waals surface area (Å²) in [4.78, 5) is 33.1. The summed E-state index contributed by atoms with van der Waals surface area (Å²) < 4.78 is 26.0. The molecule has 0 radical (unpaired) electrons. The van der Waals surface area contributed by atoms with E-state index >= 15 is 0 Å². The molecule has 1 atom stereocenters. The summed E-state index contributed by atoms with van der Waals surface area (Å²) in [6.45, 7) is 2.65. The number of nitrogens with zero attached hydrogens (tertiary/aromatic N) is 2. The summed E-state index contributed by atoms with van der Waals surface area (Å²) in [5.74, 6) is -1.84. The van der Waals surface area contributed by atoms with Crippen LogP contribution in [-0.2, 0) is 4.79 Å². The van der Waals surface area contributed by atoms with Crippen molar-refractivity contribution in [2.24, 2.45) is 0 Å². The molecule has 3 heterocycles. The maximum Gasteiger partial charge on any atom is 0.296 e. The molecule has 0 saturated carbocycles. The number of para-hydroxylation sites is 1. The number of ether oxygens (including phenoxy) is 1. The molecule has 3 aromatic carbocycles. The summed E-state index contributed by atoms with van der Waals surface area (Å²) in [5, 5.41) is 12.0. The fourth-order valence-corrected chi connectivity index (χ4v) is 5.66. The first-order chi connectivity index (χ1) is 18.9. The van der Waals surface area contributed by atoms with E-state index in [-0.39, 0.29) is 16.5 Å². The predicted molar refractivity (Wildman–Crippen MR) is 147 cm³/mol. The third kappa shape index (κ3) is 4.44. The van der Waals surface area contributed by atoms with E-state index in [1.54, 1.807) is 42.5 Å². The number of aliphatic hydroxyl groups is 1. The number of fused-ring (bicyclic) bond motifs is 2. The Labute approximate surface area is 226 Å². The minimum atomic E-state index is -0.992. The van der Waals surface area contributed by atoms with Gasteiger partial charge in [-0.3, -0.25) is 14.5 Å². The fourth-order valence-electron chi connectivity index (χ4n) is 4.65. The van der Waals surface area contributed by atoms with E-state index in [1.165, 1.54) is 23.1 Å². The lowest BCUT2D eigenvalue weighted by Gasteiger charge is -2.24. The Morgan fingerprint density at radius 1 is 1.13 bits per heavy atom. The molecule has 0 saturated heterocycles. The first-order valence-electron chi connectivity index (χ1n) is 12.5. The summed E-state index contributed by atoms with van der Waals surface area (Å²) in [5.41, 5.74) is 1.46. The van der Waals surface area contributed by atoms with Gasteiger partial charge >= 0.3 is 0 Å². The zero-order valence-electron chi connectivity index (χ0n) is 20.9. The normalized spacial score (nSPS) is 15.6. The molecular weight excluding hydrogens is 519 g/mol. The average molecular weight is 543 g/mol. The van der Waals surface area contributed by atoms with Crippen molar-refractivity contribution in [3.63, 3.8) is 0 Å². The molecule has 5 aromatic rings. The molecule has 0 bridgehead atoms.